The zero-order valence-electron chi connectivity index (χ0n) is 17.9. The number of piperidine rings is 1. The highest BCUT2D eigenvalue weighted by molar-refractivity contribution is 6.35. The van der Waals surface area contributed by atoms with Crippen LogP contribution in [-0.2, 0) is 0 Å². The van der Waals surface area contributed by atoms with Crippen LogP contribution in [0.4, 0.5) is 5.69 Å². The Hall–Kier alpha value is -2.53. The van der Waals surface area contributed by atoms with Crippen LogP contribution in [-0.4, -0.2) is 25.2 Å². The highest BCUT2D eigenvalue weighted by Crippen LogP contribution is 2.40. The highest BCUT2D eigenvalue weighted by Gasteiger charge is 2.31. The molecule has 2 unspecified atom stereocenters. The van der Waals surface area contributed by atoms with Gasteiger partial charge in [0.05, 0.1) is 6.04 Å². The van der Waals surface area contributed by atoms with Gasteiger partial charge in [0, 0.05) is 45.6 Å². The van der Waals surface area contributed by atoms with Gasteiger partial charge in [0.25, 0.3) is 5.91 Å². The molecule has 0 saturated carbocycles. The third kappa shape index (κ3) is 5.70. The van der Waals surface area contributed by atoms with Gasteiger partial charge in [0.2, 0.25) is 0 Å². The van der Waals surface area contributed by atoms with E-state index in [1.807, 2.05) is 36.4 Å². The molecule has 3 aromatic carbocycles. The molecule has 2 atom stereocenters. The van der Waals surface area contributed by atoms with Crippen molar-refractivity contribution in [2.24, 2.45) is 5.92 Å². The van der Waals surface area contributed by atoms with Gasteiger partial charge < -0.3 is 15.6 Å². The minimum absolute atomic E-state index is 0.104. The average molecular weight is 501 g/mol. The lowest BCUT2D eigenvalue weighted by Crippen LogP contribution is -2.42. The van der Waals surface area contributed by atoms with Crippen LogP contribution in [0.2, 0.25) is 15.1 Å². The number of benzene rings is 3. The Kier molecular flexibility index (Phi) is 7.59. The van der Waals surface area contributed by atoms with Crippen molar-refractivity contribution in [1.82, 2.24) is 5.32 Å². The molecule has 0 spiro atoms. The minimum atomic E-state index is -0.104. The fraction of sp³-hybridized carbons (Fsp3) is 0.231. The first-order valence-electron chi connectivity index (χ1n) is 10.8. The third-order valence-corrected chi connectivity index (χ3v) is 6.86. The first-order valence-corrected chi connectivity index (χ1v) is 11.9. The number of hydrogen-bond acceptors (Lipinski definition) is 3. The van der Waals surface area contributed by atoms with Crippen LogP contribution in [0.3, 0.4) is 0 Å². The summed E-state index contributed by atoms with van der Waals surface area (Å²) in [6, 6.07) is 20.6. The van der Waals surface area contributed by atoms with E-state index < -0.39 is 0 Å². The Labute approximate surface area is 209 Å². The molecule has 0 aromatic heterocycles. The van der Waals surface area contributed by atoms with E-state index in [1.54, 1.807) is 30.3 Å². The van der Waals surface area contributed by atoms with Crippen LogP contribution in [0.1, 0.15) is 40.4 Å². The topological polar surface area (TPSA) is 56.2 Å². The summed E-state index contributed by atoms with van der Waals surface area (Å²) in [6.45, 7) is 1.36. The molecule has 3 aromatic rings. The first-order chi connectivity index (χ1) is 15.9. The smallest absolute Gasteiger partial charge is 0.251 e. The summed E-state index contributed by atoms with van der Waals surface area (Å²) >= 11 is 18.8. The van der Waals surface area contributed by atoms with Gasteiger partial charge in [-0.25, -0.2) is 0 Å². The zero-order valence-corrected chi connectivity index (χ0v) is 20.2. The number of amides is 1. The fourth-order valence-corrected chi connectivity index (χ4v) is 4.96. The minimum Gasteiger partial charge on any atom is -0.364 e. The predicted octanol–water partition coefficient (Wildman–Crippen LogP) is 7.03. The normalized spacial score (nSPS) is 18.1. The van der Waals surface area contributed by atoms with Gasteiger partial charge in [-0.3, -0.25) is 4.79 Å². The van der Waals surface area contributed by atoms with Crippen LogP contribution in [0.15, 0.2) is 66.7 Å². The van der Waals surface area contributed by atoms with E-state index >= 15 is 0 Å². The molecule has 1 fully saturated rings. The van der Waals surface area contributed by atoms with E-state index in [4.69, 9.17) is 40.2 Å². The molecule has 1 aliphatic heterocycles. The molecular formula is C26H24Cl3N3O. The van der Waals surface area contributed by atoms with E-state index in [0.29, 0.717) is 27.2 Å². The van der Waals surface area contributed by atoms with Crippen molar-refractivity contribution >= 4 is 52.6 Å². The highest BCUT2D eigenvalue weighted by atomic mass is 35.5. The molecule has 4 nitrogen and oxygen atoms in total. The van der Waals surface area contributed by atoms with E-state index in [9.17, 15) is 4.79 Å². The molecule has 33 heavy (non-hydrogen) atoms. The van der Waals surface area contributed by atoms with Gasteiger partial charge in [0.15, 0.2) is 0 Å². The molecule has 0 bridgehead atoms. The summed E-state index contributed by atoms with van der Waals surface area (Å²) in [5.41, 5.74) is 3.47. The van der Waals surface area contributed by atoms with Gasteiger partial charge in [-0.15, -0.1) is 0 Å². The van der Waals surface area contributed by atoms with Crippen molar-refractivity contribution in [3.8, 4) is 0 Å². The maximum atomic E-state index is 12.6. The zero-order chi connectivity index (χ0) is 23.4. The number of carbonyl (C=O) groups is 1. The molecule has 1 amide bonds. The lowest BCUT2D eigenvalue weighted by molar-refractivity contribution is 0.0945. The van der Waals surface area contributed by atoms with Gasteiger partial charge in [0.1, 0.15) is 0 Å². The number of rotatable bonds is 6. The van der Waals surface area contributed by atoms with Crippen molar-refractivity contribution < 1.29 is 4.79 Å². The number of anilines is 1. The van der Waals surface area contributed by atoms with E-state index in [0.717, 1.165) is 36.2 Å². The summed E-state index contributed by atoms with van der Waals surface area (Å²) in [7, 11) is 0. The maximum Gasteiger partial charge on any atom is 0.251 e. The fourth-order valence-electron chi connectivity index (χ4n) is 4.30. The number of halogens is 3. The molecule has 1 heterocycles. The molecule has 0 aliphatic carbocycles. The van der Waals surface area contributed by atoms with E-state index in [2.05, 4.69) is 10.2 Å². The first kappa shape index (κ1) is 23.6. The van der Waals surface area contributed by atoms with Crippen molar-refractivity contribution in [1.29, 1.82) is 5.41 Å². The molecule has 0 radical (unpaired) electrons. The molecule has 4 rings (SSSR count). The summed E-state index contributed by atoms with van der Waals surface area (Å²) in [6.07, 6.45) is 3.12. The number of nitrogens with zero attached hydrogens (tertiary/aromatic N) is 1. The summed E-state index contributed by atoms with van der Waals surface area (Å²) < 4.78 is 0. The number of carbonyl (C=O) groups excluding carboxylic acids is 1. The van der Waals surface area contributed by atoms with Crippen molar-refractivity contribution in [2.75, 3.05) is 18.0 Å². The quantitative estimate of drug-likeness (QED) is 0.357. The number of hydrogen-bond donors (Lipinski definition) is 2. The van der Waals surface area contributed by atoms with E-state index in [1.165, 1.54) is 6.21 Å². The lowest BCUT2D eigenvalue weighted by Gasteiger charge is -2.42. The second-order valence-corrected chi connectivity index (χ2v) is 9.51. The summed E-state index contributed by atoms with van der Waals surface area (Å²) in [5, 5.41) is 12.3. The van der Waals surface area contributed by atoms with E-state index in [-0.39, 0.29) is 17.9 Å². The SMILES string of the molecule is N=Cc1ccc(C(=O)NCC2CCC(c3ccc(Cl)cc3Cl)N(c3ccc(Cl)cc3)C2)cc1. The second kappa shape index (κ2) is 10.6. The predicted molar refractivity (Wildman–Crippen MR) is 137 cm³/mol. The molecule has 170 valence electrons. The van der Waals surface area contributed by atoms with Crippen LogP contribution in [0.5, 0.6) is 0 Å². The molecular weight excluding hydrogens is 477 g/mol. The Bertz CT molecular complexity index is 1130. The van der Waals surface area contributed by atoms with Gasteiger partial charge in [-0.1, -0.05) is 53.0 Å². The lowest BCUT2D eigenvalue weighted by atomic mass is 9.88. The van der Waals surface area contributed by atoms with Crippen LogP contribution in [0.25, 0.3) is 0 Å². The van der Waals surface area contributed by atoms with Crippen LogP contribution < -0.4 is 10.2 Å². The molecule has 1 saturated heterocycles. The maximum absolute atomic E-state index is 12.6. The van der Waals surface area contributed by atoms with Gasteiger partial charge in [-0.2, -0.15) is 0 Å². The monoisotopic (exact) mass is 499 g/mol. The molecule has 7 heteroatoms. The number of nitrogens with one attached hydrogen (secondary N) is 2. The standard InChI is InChI=1S/C26H24Cl3N3O/c27-20-6-9-22(10-7-20)32-16-18(3-12-25(32)23-11-8-21(28)13-24(23)29)15-31-26(33)19-4-1-17(14-30)2-5-19/h1-2,4-11,13-14,18,25,30H,3,12,15-16H2,(H,31,33). The third-order valence-electron chi connectivity index (χ3n) is 6.05. The summed E-state index contributed by atoms with van der Waals surface area (Å²) in [5.74, 6) is 0.181. The Morgan fingerprint density at radius 1 is 0.970 bits per heavy atom. The second-order valence-electron chi connectivity index (χ2n) is 8.23. The van der Waals surface area contributed by atoms with Crippen molar-refractivity contribution in [3.63, 3.8) is 0 Å². The molecule has 2 N–H and O–H groups in total. The van der Waals surface area contributed by atoms with Crippen LogP contribution >= 0.6 is 34.8 Å². The van der Waals surface area contributed by atoms with Crippen LogP contribution in [0, 0.1) is 11.3 Å². The van der Waals surface area contributed by atoms with Crippen molar-refractivity contribution in [3.05, 3.63) is 98.5 Å². The Morgan fingerprint density at radius 2 is 1.67 bits per heavy atom. The average Bonchev–Trinajstić information content (AvgIpc) is 2.83. The van der Waals surface area contributed by atoms with Crippen molar-refractivity contribution in [2.45, 2.75) is 18.9 Å². The summed E-state index contributed by atoms with van der Waals surface area (Å²) in [4.78, 5) is 14.9. The Morgan fingerprint density at radius 3 is 2.33 bits per heavy atom. The Balaban J connectivity index is 1.50. The largest absolute Gasteiger partial charge is 0.364 e. The van der Waals surface area contributed by atoms with Gasteiger partial charge >= 0.3 is 0 Å². The van der Waals surface area contributed by atoms with Gasteiger partial charge in [-0.05, 0) is 78.4 Å². The molecule has 1 aliphatic rings.